The lowest BCUT2D eigenvalue weighted by Crippen LogP contribution is -2.58. The van der Waals surface area contributed by atoms with Crippen LogP contribution in [0.5, 0.6) is 0 Å². The first-order chi connectivity index (χ1) is 13.9. The summed E-state index contributed by atoms with van der Waals surface area (Å²) < 4.78 is 28.1. The number of nitrogens with zero attached hydrogens (tertiary/aromatic N) is 2. The fraction of sp³-hybridized carbons (Fsp3) is 0.478. The molecule has 5 nitrogen and oxygen atoms in total. The number of fused-ring (bicyclic) bond motifs is 3. The van der Waals surface area contributed by atoms with Crippen LogP contribution in [0.2, 0.25) is 0 Å². The van der Waals surface area contributed by atoms with Crippen molar-refractivity contribution in [3.05, 3.63) is 60.2 Å². The Morgan fingerprint density at radius 3 is 2.48 bits per heavy atom. The molecular weight excluding hydrogens is 382 g/mol. The average Bonchev–Trinajstić information content (AvgIpc) is 2.74. The van der Waals surface area contributed by atoms with Gasteiger partial charge in [-0.1, -0.05) is 35.9 Å². The largest absolute Gasteiger partial charge is 0.374 e. The third-order valence-electron chi connectivity index (χ3n) is 6.56. The van der Waals surface area contributed by atoms with E-state index in [-0.39, 0.29) is 0 Å². The van der Waals surface area contributed by atoms with Crippen LogP contribution in [0, 0.1) is 18.8 Å². The lowest BCUT2D eigenvalue weighted by molar-refractivity contribution is 0.00693. The zero-order valence-corrected chi connectivity index (χ0v) is 18.1. The zero-order chi connectivity index (χ0) is 20.4. The van der Waals surface area contributed by atoms with Gasteiger partial charge in [0, 0.05) is 38.4 Å². The minimum absolute atomic E-state index is 0.298. The van der Waals surface area contributed by atoms with E-state index >= 15 is 0 Å². The first-order valence-corrected chi connectivity index (χ1v) is 12.0. The number of hydrogen-bond acceptors (Lipinski definition) is 4. The molecule has 6 heteroatoms. The minimum atomic E-state index is -3.45. The smallest absolute Gasteiger partial charge is 0.240 e. The van der Waals surface area contributed by atoms with Gasteiger partial charge in [0.05, 0.1) is 4.90 Å². The summed E-state index contributed by atoms with van der Waals surface area (Å²) in [6.07, 6.45) is 2.29. The van der Waals surface area contributed by atoms with Crippen LogP contribution in [0.15, 0.2) is 59.5 Å². The van der Waals surface area contributed by atoms with Gasteiger partial charge in [-0.25, -0.2) is 13.1 Å². The third-order valence-corrected chi connectivity index (χ3v) is 8.00. The van der Waals surface area contributed by atoms with E-state index in [1.165, 1.54) is 12.1 Å². The maximum Gasteiger partial charge on any atom is 0.240 e. The van der Waals surface area contributed by atoms with Crippen LogP contribution in [0.3, 0.4) is 0 Å². The number of benzene rings is 2. The quantitative estimate of drug-likeness (QED) is 0.758. The fourth-order valence-electron chi connectivity index (χ4n) is 4.81. The van der Waals surface area contributed by atoms with Crippen molar-refractivity contribution >= 4 is 15.7 Å². The molecule has 0 radical (unpaired) electrons. The Labute approximate surface area is 174 Å². The number of piperidine rings is 3. The molecule has 0 aromatic heterocycles. The third kappa shape index (κ3) is 4.65. The summed E-state index contributed by atoms with van der Waals surface area (Å²) in [5, 5.41) is 0. The van der Waals surface area contributed by atoms with Crippen molar-refractivity contribution in [2.24, 2.45) is 11.8 Å². The van der Waals surface area contributed by atoms with Crippen molar-refractivity contribution in [1.29, 1.82) is 0 Å². The summed E-state index contributed by atoms with van der Waals surface area (Å²) in [6, 6.07) is 17.9. The number of sulfonamides is 1. The molecule has 156 valence electrons. The standard InChI is InChI=1S/C23H31N3O2S/c1-18-8-10-23(11-9-18)29(27,28)24-15-22-14-19-12-13-26(22)17-20(19)16-25(2)21-6-4-3-5-7-21/h3-11,19-20,22,24H,12-17H2,1-2H3/t19-,20+,22-/m1/s1. The number of anilines is 1. The van der Waals surface area contributed by atoms with E-state index in [9.17, 15) is 8.42 Å². The van der Waals surface area contributed by atoms with Crippen LogP contribution in [-0.2, 0) is 10.0 Å². The van der Waals surface area contributed by atoms with Gasteiger partial charge in [-0.2, -0.15) is 0 Å². The van der Waals surface area contributed by atoms with Gasteiger partial charge >= 0.3 is 0 Å². The van der Waals surface area contributed by atoms with E-state index < -0.39 is 10.0 Å². The van der Waals surface area contributed by atoms with Crippen molar-refractivity contribution < 1.29 is 8.42 Å². The molecule has 3 fully saturated rings. The highest BCUT2D eigenvalue weighted by Gasteiger charge is 2.40. The van der Waals surface area contributed by atoms with E-state index in [1.54, 1.807) is 12.1 Å². The first kappa shape index (κ1) is 20.4. The van der Waals surface area contributed by atoms with Gasteiger partial charge in [0.2, 0.25) is 10.0 Å². The molecule has 0 spiro atoms. The van der Waals surface area contributed by atoms with Crippen molar-refractivity contribution in [3.8, 4) is 0 Å². The molecule has 3 aliphatic rings. The van der Waals surface area contributed by atoms with E-state index in [1.807, 2.05) is 25.1 Å². The molecule has 0 amide bonds. The monoisotopic (exact) mass is 413 g/mol. The number of hydrogen-bond donors (Lipinski definition) is 1. The van der Waals surface area contributed by atoms with Crippen molar-refractivity contribution in [1.82, 2.24) is 9.62 Å². The Hall–Kier alpha value is -1.89. The Bertz CT molecular complexity index is 915. The summed E-state index contributed by atoms with van der Waals surface area (Å²) in [5.41, 5.74) is 2.32. The van der Waals surface area contributed by atoms with Gasteiger partial charge in [0.15, 0.2) is 0 Å². The van der Waals surface area contributed by atoms with E-state index in [2.05, 4.69) is 45.8 Å². The highest BCUT2D eigenvalue weighted by Crippen LogP contribution is 2.37. The second kappa shape index (κ2) is 8.46. The minimum Gasteiger partial charge on any atom is -0.374 e. The summed E-state index contributed by atoms with van der Waals surface area (Å²) in [7, 11) is -1.28. The SMILES string of the molecule is Cc1ccc(S(=O)(=O)NC[C@H]2C[C@H]3CCN2C[C@@H]3CN(C)c2ccccc2)cc1. The molecule has 1 N–H and O–H groups in total. The molecule has 5 rings (SSSR count). The van der Waals surface area contributed by atoms with Crippen LogP contribution in [0.1, 0.15) is 18.4 Å². The lowest BCUT2D eigenvalue weighted by atomic mass is 9.75. The molecule has 2 aromatic rings. The highest BCUT2D eigenvalue weighted by atomic mass is 32.2. The number of aryl methyl sites for hydroxylation is 1. The van der Waals surface area contributed by atoms with E-state index in [0.717, 1.165) is 31.6 Å². The number of nitrogens with one attached hydrogen (secondary N) is 1. The zero-order valence-electron chi connectivity index (χ0n) is 17.3. The van der Waals surface area contributed by atoms with Gasteiger partial charge in [-0.3, -0.25) is 4.90 Å². The van der Waals surface area contributed by atoms with Crippen molar-refractivity contribution in [2.45, 2.75) is 30.7 Å². The van der Waals surface area contributed by atoms with Gasteiger partial charge in [-0.05, 0) is 62.4 Å². The summed E-state index contributed by atoms with van der Waals surface area (Å²) in [6.45, 7) is 5.63. The van der Waals surface area contributed by atoms with Gasteiger partial charge < -0.3 is 4.90 Å². The fourth-order valence-corrected chi connectivity index (χ4v) is 5.89. The molecule has 29 heavy (non-hydrogen) atoms. The maximum atomic E-state index is 12.6. The second-order valence-corrected chi connectivity index (χ2v) is 10.3. The number of rotatable bonds is 7. The highest BCUT2D eigenvalue weighted by molar-refractivity contribution is 7.89. The van der Waals surface area contributed by atoms with Crippen LogP contribution < -0.4 is 9.62 Å². The Balaban J connectivity index is 1.34. The van der Waals surface area contributed by atoms with Crippen LogP contribution in [0.4, 0.5) is 5.69 Å². The molecule has 0 saturated carbocycles. The first-order valence-electron chi connectivity index (χ1n) is 10.5. The maximum absolute atomic E-state index is 12.6. The molecule has 2 bridgehead atoms. The molecule has 4 atom stereocenters. The predicted molar refractivity (Wildman–Crippen MR) is 118 cm³/mol. The summed E-state index contributed by atoms with van der Waals surface area (Å²) in [5.74, 6) is 1.30. The summed E-state index contributed by atoms with van der Waals surface area (Å²) >= 11 is 0. The molecule has 3 heterocycles. The van der Waals surface area contributed by atoms with Gasteiger partial charge in [-0.15, -0.1) is 0 Å². The number of para-hydroxylation sites is 1. The molecule has 1 unspecified atom stereocenters. The lowest BCUT2D eigenvalue weighted by Gasteiger charge is -2.50. The Morgan fingerprint density at radius 1 is 1.10 bits per heavy atom. The molecule has 2 aromatic carbocycles. The molecule has 0 aliphatic carbocycles. The predicted octanol–water partition coefficient (Wildman–Crippen LogP) is 3.12. The van der Waals surface area contributed by atoms with Crippen LogP contribution >= 0.6 is 0 Å². The van der Waals surface area contributed by atoms with Crippen LogP contribution in [0.25, 0.3) is 0 Å². The Morgan fingerprint density at radius 2 is 1.83 bits per heavy atom. The normalized spacial score (nSPS) is 26.4. The van der Waals surface area contributed by atoms with Crippen molar-refractivity contribution in [2.75, 3.05) is 38.1 Å². The average molecular weight is 414 g/mol. The summed E-state index contributed by atoms with van der Waals surface area (Å²) in [4.78, 5) is 5.18. The van der Waals surface area contributed by atoms with Gasteiger partial charge in [0.1, 0.15) is 0 Å². The van der Waals surface area contributed by atoms with Crippen molar-refractivity contribution in [3.63, 3.8) is 0 Å². The van der Waals surface area contributed by atoms with E-state index in [4.69, 9.17) is 0 Å². The van der Waals surface area contributed by atoms with Crippen LogP contribution in [-0.4, -0.2) is 52.6 Å². The Kier molecular flexibility index (Phi) is 5.95. The van der Waals surface area contributed by atoms with Gasteiger partial charge in [0.25, 0.3) is 0 Å². The molecular formula is C23H31N3O2S. The topological polar surface area (TPSA) is 52.7 Å². The molecule has 3 aliphatic heterocycles. The molecule has 3 saturated heterocycles. The second-order valence-electron chi connectivity index (χ2n) is 8.57. The van der Waals surface area contributed by atoms with E-state index in [0.29, 0.717) is 29.3 Å².